The molecule has 1 saturated carbocycles. The van der Waals surface area contributed by atoms with Crippen LogP contribution in [-0.2, 0) is 12.8 Å². The molecule has 0 bridgehead atoms. The number of fused-ring (bicyclic) bond motifs is 1. The molecule has 1 aromatic heterocycles. The maximum atomic E-state index is 14.3. The van der Waals surface area contributed by atoms with Crippen molar-refractivity contribution in [2.75, 3.05) is 11.9 Å². The molecule has 0 aromatic carbocycles. The summed E-state index contributed by atoms with van der Waals surface area (Å²) in [6.07, 6.45) is 7.30. The number of alkyl halides is 1. The molecule has 1 N–H and O–H groups in total. The molecular weight excluding hydrogens is 227 g/mol. The highest BCUT2D eigenvalue weighted by Gasteiger charge is 2.33. The lowest BCUT2D eigenvalue weighted by Gasteiger charge is -2.20. The second-order valence-corrected chi connectivity index (χ2v) is 5.70. The van der Waals surface area contributed by atoms with Gasteiger partial charge < -0.3 is 5.32 Å². The molecule has 0 atom stereocenters. The van der Waals surface area contributed by atoms with Gasteiger partial charge in [-0.1, -0.05) is 18.9 Å². The Labute approximate surface area is 108 Å². The molecule has 1 aliphatic carbocycles. The van der Waals surface area contributed by atoms with Crippen molar-refractivity contribution in [1.82, 2.24) is 4.98 Å². The van der Waals surface area contributed by atoms with Crippen LogP contribution in [0.2, 0.25) is 0 Å². The van der Waals surface area contributed by atoms with Gasteiger partial charge in [-0.25, -0.2) is 9.37 Å². The van der Waals surface area contributed by atoms with Crippen molar-refractivity contribution < 1.29 is 4.39 Å². The van der Waals surface area contributed by atoms with Gasteiger partial charge in [0.25, 0.3) is 0 Å². The molecule has 2 nitrogen and oxygen atoms in total. The summed E-state index contributed by atoms with van der Waals surface area (Å²) in [5.41, 5.74) is 1.43. The van der Waals surface area contributed by atoms with E-state index in [0.29, 0.717) is 6.42 Å². The molecule has 1 aromatic rings. The Morgan fingerprint density at radius 2 is 2.06 bits per heavy atom. The quantitative estimate of drug-likeness (QED) is 0.883. The highest BCUT2D eigenvalue weighted by atomic mass is 19.1. The fourth-order valence-corrected chi connectivity index (χ4v) is 3.12. The summed E-state index contributed by atoms with van der Waals surface area (Å²) in [5, 5.41) is 3.34. The third kappa shape index (κ3) is 2.50. The van der Waals surface area contributed by atoms with E-state index in [1.54, 1.807) is 0 Å². The van der Waals surface area contributed by atoms with Crippen LogP contribution < -0.4 is 5.32 Å². The molecule has 1 aliphatic heterocycles. The maximum absolute atomic E-state index is 14.3. The van der Waals surface area contributed by atoms with Gasteiger partial charge in [0.1, 0.15) is 11.5 Å². The van der Waals surface area contributed by atoms with E-state index in [9.17, 15) is 4.39 Å². The van der Waals surface area contributed by atoms with Crippen LogP contribution in [0.5, 0.6) is 0 Å². The van der Waals surface area contributed by atoms with E-state index in [2.05, 4.69) is 22.4 Å². The first-order valence-corrected chi connectivity index (χ1v) is 7.17. The number of anilines is 1. The second-order valence-electron chi connectivity index (χ2n) is 5.70. The number of nitrogens with one attached hydrogen (secondary N) is 1. The Hall–Kier alpha value is -1.12. The molecule has 0 amide bonds. The number of halogens is 1. The van der Waals surface area contributed by atoms with Gasteiger partial charge in [0.2, 0.25) is 0 Å². The molecule has 1 fully saturated rings. The van der Waals surface area contributed by atoms with Gasteiger partial charge in [0, 0.05) is 12.2 Å². The van der Waals surface area contributed by atoms with E-state index >= 15 is 0 Å². The van der Waals surface area contributed by atoms with Gasteiger partial charge in [-0.2, -0.15) is 0 Å². The van der Waals surface area contributed by atoms with E-state index < -0.39 is 5.67 Å². The van der Waals surface area contributed by atoms with Gasteiger partial charge in [0.05, 0.1) is 0 Å². The van der Waals surface area contributed by atoms with E-state index in [-0.39, 0.29) is 0 Å². The number of rotatable bonds is 3. The molecule has 0 saturated heterocycles. The number of hydrogen-bond acceptors (Lipinski definition) is 2. The Morgan fingerprint density at radius 3 is 2.89 bits per heavy atom. The van der Waals surface area contributed by atoms with Crippen LogP contribution in [0, 0.1) is 0 Å². The average Bonchev–Trinajstić information content (AvgIpc) is 2.84. The fraction of sp³-hybridized carbons (Fsp3) is 0.667. The zero-order valence-electron chi connectivity index (χ0n) is 10.8. The van der Waals surface area contributed by atoms with Gasteiger partial charge >= 0.3 is 0 Å². The SMILES string of the molecule is FC1(CCc2ccc3c(n2)NCCC3)CCCC1. The molecule has 2 aliphatic rings. The van der Waals surface area contributed by atoms with Crippen molar-refractivity contribution in [3.05, 3.63) is 23.4 Å². The standard InChI is InChI=1S/C15H21FN2/c16-15(8-1-2-9-15)10-7-13-6-5-12-4-3-11-17-14(12)18-13/h5-6H,1-4,7-11H2,(H,17,18). The number of pyridine rings is 1. The summed E-state index contributed by atoms with van der Waals surface area (Å²) >= 11 is 0. The number of aromatic nitrogens is 1. The first-order chi connectivity index (χ1) is 8.75. The van der Waals surface area contributed by atoms with Crippen molar-refractivity contribution in [2.24, 2.45) is 0 Å². The monoisotopic (exact) mass is 248 g/mol. The smallest absolute Gasteiger partial charge is 0.129 e. The molecule has 0 radical (unpaired) electrons. The van der Waals surface area contributed by atoms with Gasteiger partial charge in [-0.15, -0.1) is 0 Å². The first-order valence-electron chi connectivity index (χ1n) is 7.17. The number of aryl methyl sites for hydroxylation is 2. The maximum Gasteiger partial charge on any atom is 0.129 e. The fourth-order valence-electron chi connectivity index (χ4n) is 3.12. The summed E-state index contributed by atoms with van der Waals surface area (Å²) in [6.45, 7) is 1.01. The zero-order valence-corrected chi connectivity index (χ0v) is 10.8. The third-order valence-corrected chi connectivity index (χ3v) is 4.28. The molecule has 3 heteroatoms. The molecule has 98 valence electrons. The predicted molar refractivity (Wildman–Crippen MR) is 71.7 cm³/mol. The first kappa shape index (κ1) is 11.9. The van der Waals surface area contributed by atoms with Crippen LogP contribution in [-0.4, -0.2) is 17.2 Å². The Kier molecular flexibility index (Phi) is 3.23. The van der Waals surface area contributed by atoms with Crippen LogP contribution in [0.4, 0.5) is 10.2 Å². The van der Waals surface area contributed by atoms with Crippen molar-refractivity contribution in [2.45, 2.75) is 57.0 Å². The lowest BCUT2D eigenvalue weighted by molar-refractivity contribution is 0.159. The van der Waals surface area contributed by atoms with Crippen molar-refractivity contribution in [3.63, 3.8) is 0 Å². The minimum Gasteiger partial charge on any atom is -0.370 e. The van der Waals surface area contributed by atoms with E-state index in [0.717, 1.165) is 56.6 Å². The van der Waals surface area contributed by atoms with Gasteiger partial charge in [-0.3, -0.25) is 0 Å². The van der Waals surface area contributed by atoms with E-state index in [1.165, 1.54) is 12.0 Å². The van der Waals surface area contributed by atoms with Crippen molar-refractivity contribution in [3.8, 4) is 0 Å². The van der Waals surface area contributed by atoms with Crippen molar-refractivity contribution in [1.29, 1.82) is 0 Å². The van der Waals surface area contributed by atoms with E-state index in [1.807, 2.05) is 0 Å². The van der Waals surface area contributed by atoms with Gasteiger partial charge in [0.15, 0.2) is 0 Å². The lowest BCUT2D eigenvalue weighted by Crippen LogP contribution is -2.19. The van der Waals surface area contributed by atoms with Crippen LogP contribution in [0.15, 0.2) is 12.1 Å². The minimum absolute atomic E-state index is 0.638. The molecular formula is C15H21FN2. The Balaban J connectivity index is 1.66. The van der Waals surface area contributed by atoms with Crippen molar-refractivity contribution >= 4 is 5.82 Å². The lowest BCUT2D eigenvalue weighted by atomic mass is 9.96. The van der Waals surface area contributed by atoms with Gasteiger partial charge in [-0.05, 0) is 50.2 Å². The number of nitrogens with zero attached hydrogens (tertiary/aromatic N) is 1. The summed E-state index contributed by atoms with van der Waals surface area (Å²) in [7, 11) is 0. The average molecular weight is 248 g/mol. The molecule has 3 rings (SSSR count). The summed E-state index contributed by atoms with van der Waals surface area (Å²) in [6, 6.07) is 4.23. The predicted octanol–water partition coefficient (Wildman–Crippen LogP) is 3.65. The topological polar surface area (TPSA) is 24.9 Å². The highest BCUT2D eigenvalue weighted by molar-refractivity contribution is 5.47. The largest absolute Gasteiger partial charge is 0.370 e. The number of hydrogen-bond donors (Lipinski definition) is 1. The Bertz CT molecular complexity index is 425. The normalized spacial score (nSPS) is 21.4. The summed E-state index contributed by atoms with van der Waals surface area (Å²) < 4.78 is 14.3. The molecule has 0 spiro atoms. The molecule has 2 heterocycles. The zero-order chi connectivity index (χ0) is 12.4. The molecule has 18 heavy (non-hydrogen) atoms. The third-order valence-electron chi connectivity index (χ3n) is 4.28. The second kappa shape index (κ2) is 4.87. The van der Waals surface area contributed by atoms with Crippen LogP contribution >= 0.6 is 0 Å². The molecule has 0 unspecified atom stereocenters. The van der Waals surface area contributed by atoms with Crippen LogP contribution in [0.1, 0.15) is 49.8 Å². The Morgan fingerprint density at radius 1 is 1.22 bits per heavy atom. The summed E-state index contributed by atoms with van der Waals surface area (Å²) in [4.78, 5) is 4.63. The van der Waals surface area contributed by atoms with E-state index in [4.69, 9.17) is 0 Å². The van der Waals surface area contributed by atoms with Crippen LogP contribution in [0.3, 0.4) is 0 Å². The van der Waals surface area contributed by atoms with Crippen LogP contribution in [0.25, 0.3) is 0 Å². The minimum atomic E-state index is -0.912. The summed E-state index contributed by atoms with van der Waals surface area (Å²) in [5.74, 6) is 1.03. The highest BCUT2D eigenvalue weighted by Crippen LogP contribution is 2.37.